The van der Waals surface area contributed by atoms with Crippen LogP contribution in [0, 0.1) is 18.7 Å². The summed E-state index contributed by atoms with van der Waals surface area (Å²) in [6.45, 7) is 4.28. The summed E-state index contributed by atoms with van der Waals surface area (Å²) in [5.74, 6) is -0.687. The number of carbonyl (C=O) groups excluding carboxylic acids is 2. The van der Waals surface area contributed by atoms with Crippen molar-refractivity contribution in [3.05, 3.63) is 64.4 Å². The van der Waals surface area contributed by atoms with Gasteiger partial charge in [0, 0.05) is 24.1 Å². The Morgan fingerprint density at radius 3 is 2.45 bits per heavy atom. The number of benzene rings is 2. The number of hydrogen-bond acceptors (Lipinski definition) is 2. The number of hydrazine groups is 1. The van der Waals surface area contributed by atoms with E-state index in [0.717, 1.165) is 24.2 Å². The molecule has 1 aliphatic heterocycles. The van der Waals surface area contributed by atoms with Crippen LogP contribution in [0.25, 0.3) is 0 Å². The molecule has 6 nitrogen and oxygen atoms in total. The van der Waals surface area contributed by atoms with Gasteiger partial charge in [-0.1, -0.05) is 29.3 Å². The predicted octanol–water partition coefficient (Wildman–Crippen LogP) is 2.44. The van der Waals surface area contributed by atoms with Gasteiger partial charge in [-0.2, -0.15) is 0 Å². The molecule has 1 aliphatic rings. The van der Waals surface area contributed by atoms with Gasteiger partial charge in [0.2, 0.25) is 5.91 Å². The lowest BCUT2D eigenvalue weighted by Gasteiger charge is -2.28. The van der Waals surface area contributed by atoms with Gasteiger partial charge in [-0.25, -0.2) is 14.6 Å². The van der Waals surface area contributed by atoms with Crippen molar-refractivity contribution in [2.75, 3.05) is 18.4 Å². The van der Waals surface area contributed by atoms with E-state index in [0.29, 0.717) is 30.1 Å². The number of anilines is 1. The Morgan fingerprint density at radius 2 is 1.79 bits per heavy atom. The largest absolute Gasteiger partial charge is 0.337 e. The van der Waals surface area contributed by atoms with Gasteiger partial charge in [0.15, 0.2) is 0 Å². The van der Waals surface area contributed by atoms with Crippen LogP contribution in [0.1, 0.15) is 24.0 Å². The second-order valence-corrected chi connectivity index (χ2v) is 7.78. The molecule has 0 aliphatic carbocycles. The second-order valence-electron chi connectivity index (χ2n) is 7.37. The van der Waals surface area contributed by atoms with Gasteiger partial charge in [-0.15, -0.1) is 0 Å². The van der Waals surface area contributed by atoms with Gasteiger partial charge in [0.05, 0.1) is 24.0 Å². The van der Waals surface area contributed by atoms with Crippen LogP contribution < -0.4 is 21.1 Å². The van der Waals surface area contributed by atoms with Crippen molar-refractivity contribution in [1.82, 2.24) is 10.9 Å². The number of amides is 3. The fourth-order valence-corrected chi connectivity index (χ4v) is 3.65. The molecule has 2 aromatic carbocycles. The topological polar surface area (TPSA) is 74.7 Å². The molecule has 2 aromatic rings. The molecule has 29 heavy (non-hydrogen) atoms. The monoisotopic (exact) mass is 419 g/mol. The Labute approximate surface area is 174 Å². The minimum Gasteiger partial charge on any atom is -0.331 e. The van der Waals surface area contributed by atoms with Crippen molar-refractivity contribution in [3.8, 4) is 0 Å². The lowest BCUT2D eigenvalue weighted by atomic mass is 9.96. The van der Waals surface area contributed by atoms with E-state index < -0.39 is 6.03 Å². The highest BCUT2D eigenvalue weighted by Crippen LogP contribution is 2.17. The number of quaternary nitrogens is 1. The highest BCUT2D eigenvalue weighted by atomic mass is 35.5. The fourth-order valence-electron chi connectivity index (χ4n) is 3.42. The molecule has 1 fully saturated rings. The van der Waals surface area contributed by atoms with Crippen molar-refractivity contribution < 1.29 is 18.9 Å². The van der Waals surface area contributed by atoms with E-state index in [1.807, 2.05) is 19.1 Å². The molecule has 0 aromatic heterocycles. The zero-order valence-electron chi connectivity index (χ0n) is 16.2. The van der Waals surface area contributed by atoms with Crippen LogP contribution in [0.2, 0.25) is 5.02 Å². The number of aryl methyl sites for hydroxylation is 1. The summed E-state index contributed by atoms with van der Waals surface area (Å²) in [5.41, 5.74) is 7.54. The molecule has 0 radical (unpaired) electrons. The smallest absolute Gasteiger partial charge is 0.331 e. The molecule has 0 atom stereocenters. The highest BCUT2D eigenvalue weighted by molar-refractivity contribution is 6.31. The molecule has 3 amide bonds. The highest BCUT2D eigenvalue weighted by Gasteiger charge is 2.28. The van der Waals surface area contributed by atoms with Gasteiger partial charge in [0.1, 0.15) is 12.4 Å². The summed E-state index contributed by atoms with van der Waals surface area (Å²) in [4.78, 5) is 25.5. The lowest BCUT2D eigenvalue weighted by molar-refractivity contribution is -0.919. The van der Waals surface area contributed by atoms with Crippen LogP contribution >= 0.6 is 11.6 Å². The van der Waals surface area contributed by atoms with Gasteiger partial charge >= 0.3 is 6.03 Å². The summed E-state index contributed by atoms with van der Waals surface area (Å²) in [5, 5.41) is 3.09. The van der Waals surface area contributed by atoms with E-state index in [4.69, 9.17) is 11.6 Å². The Bertz CT molecular complexity index is 867. The maximum Gasteiger partial charge on any atom is 0.337 e. The Hall–Kier alpha value is -2.64. The van der Waals surface area contributed by atoms with Crippen molar-refractivity contribution >= 4 is 29.2 Å². The zero-order valence-corrected chi connectivity index (χ0v) is 17.0. The molecule has 1 heterocycles. The Balaban J connectivity index is 1.40. The molecule has 0 saturated carbocycles. The van der Waals surface area contributed by atoms with Gasteiger partial charge < -0.3 is 10.2 Å². The van der Waals surface area contributed by atoms with Crippen LogP contribution in [-0.2, 0) is 11.3 Å². The lowest BCUT2D eigenvalue weighted by Crippen LogP contribution is -3.11. The predicted molar refractivity (Wildman–Crippen MR) is 110 cm³/mol. The first-order chi connectivity index (χ1) is 13.9. The van der Waals surface area contributed by atoms with E-state index in [9.17, 15) is 14.0 Å². The number of nitrogens with one attached hydrogen (secondary N) is 4. The summed E-state index contributed by atoms with van der Waals surface area (Å²) in [6.07, 6.45) is 1.42. The van der Waals surface area contributed by atoms with Crippen LogP contribution in [0.3, 0.4) is 0 Å². The molecular weight excluding hydrogens is 395 g/mol. The van der Waals surface area contributed by atoms with Crippen LogP contribution in [0.5, 0.6) is 0 Å². The maximum atomic E-state index is 13.2. The third-order valence-electron chi connectivity index (χ3n) is 5.13. The number of rotatable bonds is 4. The maximum absolute atomic E-state index is 13.2. The SMILES string of the molecule is Cc1ccc(NC(=O)NNC(=O)C2CC[NH+](Cc3ccc(F)cc3Cl)CC2)cc1. The van der Waals surface area contributed by atoms with E-state index in [1.165, 1.54) is 17.0 Å². The fraction of sp³-hybridized carbons (Fsp3) is 0.333. The number of piperidine rings is 1. The van der Waals surface area contributed by atoms with Crippen molar-refractivity contribution in [3.63, 3.8) is 0 Å². The Kier molecular flexibility index (Phi) is 7.06. The van der Waals surface area contributed by atoms with Crippen molar-refractivity contribution in [1.29, 1.82) is 0 Å². The van der Waals surface area contributed by atoms with E-state index in [-0.39, 0.29) is 17.6 Å². The van der Waals surface area contributed by atoms with E-state index in [1.54, 1.807) is 18.2 Å². The molecular formula is C21H25ClFN4O2+. The molecule has 0 unspecified atom stereocenters. The molecule has 154 valence electrons. The van der Waals surface area contributed by atoms with Gasteiger partial charge in [-0.05, 0) is 37.3 Å². The normalized spacial score (nSPS) is 18.7. The first-order valence-corrected chi connectivity index (χ1v) is 9.99. The third-order valence-corrected chi connectivity index (χ3v) is 5.48. The third kappa shape index (κ3) is 6.17. The summed E-state index contributed by atoms with van der Waals surface area (Å²) < 4.78 is 13.2. The number of halogens is 2. The number of urea groups is 1. The number of hydrogen-bond donors (Lipinski definition) is 4. The molecule has 1 saturated heterocycles. The summed E-state index contributed by atoms with van der Waals surface area (Å²) >= 11 is 6.10. The molecule has 0 bridgehead atoms. The molecule has 3 rings (SSSR count). The van der Waals surface area contributed by atoms with E-state index >= 15 is 0 Å². The molecule has 0 spiro atoms. The minimum absolute atomic E-state index is 0.151. The van der Waals surface area contributed by atoms with Crippen molar-refractivity contribution in [2.24, 2.45) is 5.92 Å². The molecule has 8 heteroatoms. The van der Waals surface area contributed by atoms with Crippen molar-refractivity contribution in [2.45, 2.75) is 26.3 Å². The van der Waals surface area contributed by atoms with Crippen LogP contribution in [0.15, 0.2) is 42.5 Å². The molecule has 4 N–H and O–H groups in total. The first kappa shape index (κ1) is 21.1. The summed E-state index contributed by atoms with van der Waals surface area (Å²) in [6, 6.07) is 11.3. The Morgan fingerprint density at radius 1 is 1.10 bits per heavy atom. The van der Waals surface area contributed by atoms with Crippen LogP contribution in [0.4, 0.5) is 14.9 Å². The first-order valence-electron chi connectivity index (χ1n) is 9.61. The average Bonchev–Trinajstić information content (AvgIpc) is 2.70. The standard InChI is InChI=1S/C21H24ClFN4O2/c1-14-2-6-18(7-3-14)24-21(29)26-25-20(28)15-8-10-27(11-9-15)13-16-4-5-17(23)12-19(16)22/h2-7,12,15H,8-11,13H2,1H3,(H,25,28)(H2,24,26,29)/p+1. The number of carbonyl (C=O) groups is 2. The average molecular weight is 420 g/mol. The van der Waals surface area contributed by atoms with Gasteiger partial charge in [-0.3, -0.25) is 10.2 Å². The summed E-state index contributed by atoms with van der Waals surface area (Å²) in [7, 11) is 0. The zero-order chi connectivity index (χ0) is 20.8. The van der Waals surface area contributed by atoms with Crippen LogP contribution in [-0.4, -0.2) is 25.0 Å². The number of likely N-dealkylation sites (tertiary alicyclic amines) is 1. The second kappa shape index (κ2) is 9.71. The minimum atomic E-state index is -0.490. The quantitative estimate of drug-likeness (QED) is 0.575. The van der Waals surface area contributed by atoms with E-state index in [2.05, 4.69) is 16.2 Å². The van der Waals surface area contributed by atoms with Gasteiger partial charge in [0.25, 0.3) is 0 Å².